The number of nitrogens with zero attached hydrogens (tertiary/aromatic N) is 3. The molecule has 1 atom stereocenters. The zero-order valence-corrected chi connectivity index (χ0v) is 16.3. The van der Waals surface area contributed by atoms with Gasteiger partial charge in [-0.05, 0) is 31.4 Å². The van der Waals surface area contributed by atoms with E-state index >= 15 is 0 Å². The van der Waals surface area contributed by atoms with Crippen LogP contribution in [0.4, 0.5) is 11.1 Å². The Bertz CT molecular complexity index is 920. The number of rotatable bonds is 7. The number of anilines is 2. The molecule has 1 aliphatic carbocycles. The van der Waals surface area contributed by atoms with Gasteiger partial charge in [-0.1, -0.05) is 35.6 Å². The van der Waals surface area contributed by atoms with Crippen molar-refractivity contribution >= 4 is 22.4 Å². The molecule has 3 N–H and O–H groups in total. The van der Waals surface area contributed by atoms with Gasteiger partial charge in [0.1, 0.15) is 0 Å². The molecule has 6 nitrogen and oxygen atoms in total. The third-order valence-electron chi connectivity index (χ3n) is 4.52. The zero-order chi connectivity index (χ0) is 18.8. The van der Waals surface area contributed by atoms with Gasteiger partial charge in [0.25, 0.3) is 0 Å². The summed E-state index contributed by atoms with van der Waals surface area (Å²) in [4.78, 5) is 14.4. The van der Waals surface area contributed by atoms with Gasteiger partial charge in [0.2, 0.25) is 5.95 Å². The molecule has 1 saturated carbocycles. The molecule has 0 amide bonds. The van der Waals surface area contributed by atoms with Crippen molar-refractivity contribution in [1.82, 2.24) is 15.0 Å². The molecule has 0 bridgehead atoms. The van der Waals surface area contributed by atoms with Gasteiger partial charge >= 0.3 is 0 Å². The Labute approximate surface area is 162 Å². The number of methoxy groups -OCH3 is 1. The van der Waals surface area contributed by atoms with Gasteiger partial charge in [0.05, 0.1) is 22.9 Å². The number of aromatic nitrogens is 3. The quantitative estimate of drug-likeness (QED) is 0.639. The Balaban J connectivity index is 1.61. The smallest absolute Gasteiger partial charge is 0.220 e. The standard InChI is InChI=1S/C20H23N5OS/c1-12(11-26-2)23-20-25-17(14-5-6-14)18(27-20)15-7-3-13(4-8-15)16-9-10-22-19(21)24-16/h3-4,7-10,12,14H,5-6,11H2,1-2H3,(H,23,25)(H2,21,22,24). The zero-order valence-electron chi connectivity index (χ0n) is 15.5. The normalized spacial score (nSPS) is 14.9. The van der Waals surface area contributed by atoms with E-state index in [-0.39, 0.29) is 12.0 Å². The number of hydrogen-bond acceptors (Lipinski definition) is 7. The minimum absolute atomic E-state index is 0.228. The van der Waals surface area contributed by atoms with E-state index < -0.39 is 0 Å². The Morgan fingerprint density at radius 2 is 1.93 bits per heavy atom. The number of nitrogens with two attached hydrogens (primary N) is 1. The summed E-state index contributed by atoms with van der Waals surface area (Å²) in [7, 11) is 1.72. The van der Waals surface area contributed by atoms with Crippen LogP contribution in [0.1, 0.15) is 31.4 Å². The molecule has 1 unspecified atom stereocenters. The maximum atomic E-state index is 5.70. The van der Waals surface area contributed by atoms with Crippen LogP contribution in [-0.2, 0) is 4.74 Å². The highest BCUT2D eigenvalue weighted by atomic mass is 32.1. The van der Waals surface area contributed by atoms with Crippen molar-refractivity contribution in [2.75, 3.05) is 24.8 Å². The fourth-order valence-electron chi connectivity index (χ4n) is 3.06. The van der Waals surface area contributed by atoms with Crippen molar-refractivity contribution in [1.29, 1.82) is 0 Å². The average molecular weight is 382 g/mol. The second-order valence-electron chi connectivity index (χ2n) is 6.89. The van der Waals surface area contributed by atoms with Crippen molar-refractivity contribution in [3.8, 4) is 21.7 Å². The van der Waals surface area contributed by atoms with E-state index in [1.807, 2.05) is 6.07 Å². The van der Waals surface area contributed by atoms with E-state index in [2.05, 4.69) is 46.5 Å². The van der Waals surface area contributed by atoms with Crippen LogP contribution in [0.5, 0.6) is 0 Å². The lowest BCUT2D eigenvalue weighted by atomic mass is 10.1. The van der Waals surface area contributed by atoms with Gasteiger partial charge in [-0.2, -0.15) is 0 Å². The van der Waals surface area contributed by atoms with Crippen molar-refractivity contribution in [2.24, 2.45) is 0 Å². The monoisotopic (exact) mass is 381 g/mol. The Hall–Kier alpha value is -2.51. The summed E-state index contributed by atoms with van der Waals surface area (Å²) in [6.07, 6.45) is 4.13. The van der Waals surface area contributed by atoms with Crippen LogP contribution in [0.25, 0.3) is 21.7 Å². The Morgan fingerprint density at radius 1 is 1.19 bits per heavy atom. The number of nitrogen functional groups attached to an aromatic ring is 1. The highest BCUT2D eigenvalue weighted by molar-refractivity contribution is 7.19. The van der Waals surface area contributed by atoms with Crippen molar-refractivity contribution < 1.29 is 4.74 Å². The molecule has 1 fully saturated rings. The third kappa shape index (κ3) is 4.09. The summed E-state index contributed by atoms with van der Waals surface area (Å²) in [6, 6.07) is 10.5. The van der Waals surface area contributed by atoms with E-state index in [0.717, 1.165) is 16.4 Å². The van der Waals surface area contributed by atoms with E-state index in [4.69, 9.17) is 15.5 Å². The second kappa shape index (κ2) is 7.62. The van der Waals surface area contributed by atoms with E-state index in [1.54, 1.807) is 24.6 Å². The van der Waals surface area contributed by atoms with E-state index in [1.165, 1.54) is 29.0 Å². The lowest BCUT2D eigenvalue weighted by molar-refractivity contribution is 0.190. The molecule has 0 radical (unpaired) electrons. The second-order valence-corrected chi connectivity index (χ2v) is 7.88. The highest BCUT2D eigenvalue weighted by Gasteiger charge is 2.30. The molecular weight excluding hydrogens is 358 g/mol. The van der Waals surface area contributed by atoms with E-state index in [0.29, 0.717) is 12.5 Å². The molecule has 4 rings (SSSR count). The van der Waals surface area contributed by atoms with E-state index in [9.17, 15) is 0 Å². The fraction of sp³-hybridized carbons (Fsp3) is 0.350. The minimum Gasteiger partial charge on any atom is -0.383 e. The lowest BCUT2D eigenvalue weighted by Crippen LogP contribution is -2.20. The van der Waals surface area contributed by atoms with Crippen molar-refractivity contribution in [3.63, 3.8) is 0 Å². The number of thiazole rings is 1. The molecular formula is C20H23N5OS. The summed E-state index contributed by atoms with van der Waals surface area (Å²) >= 11 is 1.72. The van der Waals surface area contributed by atoms with Crippen molar-refractivity contribution in [3.05, 3.63) is 42.2 Å². The van der Waals surface area contributed by atoms with Crippen molar-refractivity contribution in [2.45, 2.75) is 31.7 Å². The Morgan fingerprint density at radius 3 is 2.59 bits per heavy atom. The largest absolute Gasteiger partial charge is 0.383 e. The topological polar surface area (TPSA) is 86.0 Å². The van der Waals surface area contributed by atoms with Crippen LogP contribution in [0.2, 0.25) is 0 Å². The van der Waals surface area contributed by atoms with Gasteiger partial charge in [-0.25, -0.2) is 15.0 Å². The lowest BCUT2D eigenvalue weighted by Gasteiger charge is -2.10. The van der Waals surface area contributed by atoms with Gasteiger partial charge in [-0.15, -0.1) is 0 Å². The molecule has 1 aliphatic rings. The molecule has 0 aliphatic heterocycles. The first kappa shape index (κ1) is 17.9. The van der Waals surface area contributed by atoms with Crippen LogP contribution in [-0.4, -0.2) is 34.7 Å². The van der Waals surface area contributed by atoms with Crippen LogP contribution in [0.15, 0.2) is 36.5 Å². The maximum absolute atomic E-state index is 5.70. The first-order valence-corrected chi connectivity index (χ1v) is 9.91. The summed E-state index contributed by atoms with van der Waals surface area (Å²) in [6.45, 7) is 2.76. The fourth-order valence-corrected chi connectivity index (χ4v) is 4.23. The number of benzene rings is 1. The third-order valence-corrected chi connectivity index (χ3v) is 5.57. The first-order chi connectivity index (χ1) is 13.1. The number of hydrogen-bond donors (Lipinski definition) is 2. The average Bonchev–Trinajstić information content (AvgIpc) is 3.43. The Kier molecular flexibility index (Phi) is 5.05. The minimum atomic E-state index is 0.228. The van der Waals surface area contributed by atoms with Gasteiger partial charge < -0.3 is 15.8 Å². The molecule has 7 heteroatoms. The van der Waals surface area contributed by atoms with Crippen LogP contribution in [0.3, 0.4) is 0 Å². The van der Waals surface area contributed by atoms with Gasteiger partial charge in [0.15, 0.2) is 5.13 Å². The summed E-state index contributed by atoms with van der Waals surface area (Å²) in [5.74, 6) is 0.877. The predicted octanol–water partition coefficient (Wildman–Crippen LogP) is 4.17. The molecule has 3 aromatic rings. The number of nitrogens with one attached hydrogen (secondary N) is 1. The summed E-state index contributed by atoms with van der Waals surface area (Å²) in [5, 5.41) is 4.41. The molecule has 0 spiro atoms. The van der Waals surface area contributed by atoms with Gasteiger partial charge in [-0.3, -0.25) is 0 Å². The SMILES string of the molecule is COCC(C)Nc1nc(C2CC2)c(-c2ccc(-c3ccnc(N)n3)cc2)s1. The predicted molar refractivity (Wildman–Crippen MR) is 110 cm³/mol. The molecule has 2 heterocycles. The molecule has 140 valence electrons. The van der Waals surface area contributed by atoms with Crippen LogP contribution >= 0.6 is 11.3 Å². The van der Waals surface area contributed by atoms with Crippen LogP contribution in [0, 0.1) is 0 Å². The van der Waals surface area contributed by atoms with Crippen LogP contribution < -0.4 is 11.1 Å². The first-order valence-electron chi connectivity index (χ1n) is 9.09. The molecule has 27 heavy (non-hydrogen) atoms. The maximum Gasteiger partial charge on any atom is 0.220 e. The molecule has 1 aromatic carbocycles. The highest BCUT2D eigenvalue weighted by Crippen LogP contribution is 2.47. The summed E-state index contributed by atoms with van der Waals surface area (Å²) in [5.41, 5.74) is 9.95. The molecule has 2 aromatic heterocycles. The van der Waals surface area contributed by atoms with Gasteiger partial charge in [0, 0.05) is 30.8 Å². The molecule has 0 saturated heterocycles. The number of ether oxygens (including phenoxy) is 1. The summed E-state index contributed by atoms with van der Waals surface area (Å²) < 4.78 is 5.22.